The number of aromatic nitrogens is 1. The Bertz CT molecular complexity index is 1200. The fourth-order valence-electron chi connectivity index (χ4n) is 2.98. The number of rotatable bonds is 6. The third-order valence-electron chi connectivity index (χ3n) is 4.40. The molecule has 8 nitrogen and oxygen atoms in total. The summed E-state index contributed by atoms with van der Waals surface area (Å²) in [5.41, 5.74) is 5.18. The Kier molecular flexibility index (Phi) is 5.93. The molecule has 0 atom stereocenters. The van der Waals surface area contributed by atoms with E-state index in [4.69, 9.17) is 10.5 Å². The van der Waals surface area contributed by atoms with Crippen LogP contribution in [0.1, 0.15) is 31.8 Å². The first-order valence-corrected chi connectivity index (χ1v) is 9.49. The van der Waals surface area contributed by atoms with Gasteiger partial charge in [-0.3, -0.25) is 4.79 Å². The van der Waals surface area contributed by atoms with Gasteiger partial charge in [-0.05, 0) is 30.7 Å². The number of aromatic amines is 1. The summed E-state index contributed by atoms with van der Waals surface area (Å²) < 4.78 is 6.40. The minimum Gasteiger partial charge on any atom is -0.488 e. The zero-order chi connectivity index (χ0) is 22.0. The highest BCUT2D eigenvalue weighted by atomic mass is 79.9. The molecule has 1 aromatic heterocycles. The van der Waals surface area contributed by atoms with E-state index in [9.17, 15) is 24.6 Å². The summed E-state index contributed by atoms with van der Waals surface area (Å²) >= 11 is 3.29. The topological polar surface area (TPSA) is 143 Å². The summed E-state index contributed by atoms with van der Waals surface area (Å²) in [6.45, 7) is 2.11. The zero-order valence-electron chi connectivity index (χ0n) is 15.7. The van der Waals surface area contributed by atoms with E-state index in [-0.39, 0.29) is 23.5 Å². The maximum Gasteiger partial charge on any atom is 0.342 e. The quantitative estimate of drug-likeness (QED) is 0.428. The number of anilines is 1. The van der Waals surface area contributed by atoms with Gasteiger partial charge in [0.05, 0.1) is 0 Å². The Morgan fingerprint density at radius 2 is 1.70 bits per heavy atom. The predicted molar refractivity (Wildman–Crippen MR) is 114 cm³/mol. The largest absolute Gasteiger partial charge is 0.488 e. The van der Waals surface area contributed by atoms with Crippen molar-refractivity contribution in [1.29, 1.82) is 0 Å². The molecule has 0 aliphatic rings. The average molecular weight is 473 g/mol. The van der Waals surface area contributed by atoms with Crippen molar-refractivity contribution in [2.75, 3.05) is 5.73 Å². The fraction of sp³-hybridized carbons (Fsp3) is 0.0952. The number of nitrogen functional groups attached to an aromatic ring is 1. The van der Waals surface area contributed by atoms with Gasteiger partial charge in [0, 0.05) is 15.6 Å². The van der Waals surface area contributed by atoms with E-state index in [0.29, 0.717) is 4.47 Å². The van der Waals surface area contributed by atoms with Gasteiger partial charge in [-0.2, -0.15) is 0 Å². The van der Waals surface area contributed by atoms with Crippen molar-refractivity contribution < 1.29 is 24.5 Å². The molecule has 154 valence electrons. The Hall–Kier alpha value is -3.59. The summed E-state index contributed by atoms with van der Waals surface area (Å²) in [7, 11) is 0. The van der Waals surface area contributed by atoms with Crippen LogP contribution in [0.2, 0.25) is 0 Å². The molecule has 2 aromatic carbocycles. The molecule has 0 spiro atoms. The lowest BCUT2D eigenvalue weighted by Gasteiger charge is -2.17. The second-order valence-electron chi connectivity index (χ2n) is 6.52. The molecule has 1 heterocycles. The van der Waals surface area contributed by atoms with Crippen LogP contribution >= 0.6 is 15.9 Å². The number of hydrogen-bond acceptors (Lipinski definition) is 5. The van der Waals surface area contributed by atoms with E-state index in [0.717, 1.165) is 11.1 Å². The molecule has 0 bridgehead atoms. The van der Waals surface area contributed by atoms with Crippen molar-refractivity contribution in [3.05, 3.63) is 79.5 Å². The monoisotopic (exact) mass is 472 g/mol. The number of ether oxygens (including phenoxy) is 1. The zero-order valence-corrected chi connectivity index (χ0v) is 17.3. The summed E-state index contributed by atoms with van der Waals surface area (Å²) in [6.07, 6.45) is 0. The highest BCUT2D eigenvalue weighted by Gasteiger charge is 2.28. The molecule has 0 unspecified atom stereocenters. The number of halogens is 1. The van der Waals surface area contributed by atoms with Crippen LogP contribution in [0.25, 0.3) is 11.1 Å². The number of aromatic carboxylic acids is 2. The number of aryl methyl sites for hydroxylation is 1. The first kappa shape index (κ1) is 21.1. The molecule has 9 heteroatoms. The molecule has 0 aliphatic heterocycles. The Morgan fingerprint density at radius 3 is 2.30 bits per heavy atom. The lowest BCUT2D eigenvalue weighted by molar-refractivity contribution is 0.0695. The fourth-order valence-corrected chi connectivity index (χ4v) is 3.35. The van der Waals surface area contributed by atoms with Crippen molar-refractivity contribution in [3.8, 4) is 16.9 Å². The Morgan fingerprint density at radius 1 is 1.07 bits per heavy atom. The number of nitrogens with two attached hydrogens (primary N) is 1. The van der Waals surface area contributed by atoms with Gasteiger partial charge in [0.2, 0.25) is 0 Å². The van der Waals surface area contributed by atoms with Crippen LogP contribution in [-0.4, -0.2) is 27.1 Å². The summed E-state index contributed by atoms with van der Waals surface area (Å²) in [5, 5.41) is 19.2. The minimum atomic E-state index is -1.58. The van der Waals surface area contributed by atoms with Gasteiger partial charge in [0.15, 0.2) is 0 Å². The van der Waals surface area contributed by atoms with Crippen molar-refractivity contribution in [2.45, 2.75) is 13.5 Å². The number of carboxylic acid groups (broad SMARTS) is 2. The van der Waals surface area contributed by atoms with E-state index in [1.165, 1.54) is 6.07 Å². The van der Waals surface area contributed by atoms with Gasteiger partial charge in [-0.15, -0.1) is 0 Å². The van der Waals surface area contributed by atoms with Crippen molar-refractivity contribution in [1.82, 2.24) is 4.98 Å². The molecule has 0 amide bonds. The lowest BCUT2D eigenvalue weighted by Crippen LogP contribution is -2.24. The van der Waals surface area contributed by atoms with Gasteiger partial charge < -0.3 is 25.7 Å². The standard InChI is InChI=1S/C21H17BrN2O6/c1-10-2-4-11(5-3-10)9-30-14-7-6-12(22)8-13(14)15-16(20(26)27)18(23)24-19(25)17(15)21(28)29/h2-8H,9H2,1H3,(H,26,27)(H,28,29)(H3,23,24,25). The summed E-state index contributed by atoms with van der Waals surface area (Å²) in [6, 6.07) is 12.3. The van der Waals surface area contributed by atoms with Gasteiger partial charge in [0.25, 0.3) is 5.56 Å². The molecule has 30 heavy (non-hydrogen) atoms. The van der Waals surface area contributed by atoms with Gasteiger partial charge >= 0.3 is 11.9 Å². The number of benzene rings is 2. The van der Waals surface area contributed by atoms with Crippen LogP contribution in [0.4, 0.5) is 5.82 Å². The molecule has 0 saturated carbocycles. The van der Waals surface area contributed by atoms with Gasteiger partial charge in [0.1, 0.15) is 29.3 Å². The van der Waals surface area contributed by atoms with Crippen molar-refractivity contribution >= 4 is 33.7 Å². The Labute approximate surface area is 179 Å². The van der Waals surface area contributed by atoms with Crippen molar-refractivity contribution in [2.24, 2.45) is 0 Å². The molecule has 0 fully saturated rings. The molecule has 3 rings (SSSR count). The third kappa shape index (κ3) is 4.20. The Balaban J connectivity index is 2.21. The van der Waals surface area contributed by atoms with Gasteiger partial charge in [-0.1, -0.05) is 45.8 Å². The van der Waals surface area contributed by atoms with Crippen LogP contribution in [-0.2, 0) is 6.61 Å². The van der Waals surface area contributed by atoms with Crippen LogP contribution in [0.5, 0.6) is 5.75 Å². The summed E-state index contributed by atoms with van der Waals surface area (Å²) in [4.78, 5) is 38.0. The number of H-pyrrole nitrogens is 1. The van der Waals surface area contributed by atoms with Crippen LogP contribution in [0.3, 0.4) is 0 Å². The van der Waals surface area contributed by atoms with E-state index < -0.39 is 34.4 Å². The van der Waals surface area contributed by atoms with E-state index in [1.54, 1.807) is 12.1 Å². The molecule has 5 N–H and O–H groups in total. The van der Waals surface area contributed by atoms with E-state index >= 15 is 0 Å². The number of carbonyl (C=O) groups is 2. The number of hydrogen-bond donors (Lipinski definition) is 4. The highest BCUT2D eigenvalue weighted by Crippen LogP contribution is 2.38. The van der Waals surface area contributed by atoms with E-state index in [2.05, 4.69) is 20.9 Å². The average Bonchev–Trinajstić information content (AvgIpc) is 2.66. The molecule has 0 aliphatic carbocycles. The van der Waals surface area contributed by atoms with Crippen molar-refractivity contribution in [3.63, 3.8) is 0 Å². The lowest BCUT2D eigenvalue weighted by atomic mass is 9.94. The molecular weight excluding hydrogens is 456 g/mol. The number of pyridine rings is 1. The first-order chi connectivity index (χ1) is 14.2. The van der Waals surface area contributed by atoms with Crippen LogP contribution in [0, 0.1) is 6.92 Å². The second kappa shape index (κ2) is 8.42. The maximum atomic E-state index is 12.3. The van der Waals surface area contributed by atoms with Gasteiger partial charge in [-0.25, -0.2) is 9.59 Å². The molecule has 0 saturated heterocycles. The van der Waals surface area contributed by atoms with Crippen LogP contribution < -0.4 is 16.0 Å². The summed E-state index contributed by atoms with van der Waals surface area (Å²) in [5.74, 6) is -3.31. The smallest absolute Gasteiger partial charge is 0.342 e. The number of carboxylic acids is 2. The predicted octanol–water partition coefficient (Wildman–Crippen LogP) is 3.67. The molecule has 0 radical (unpaired) electrons. The molecule has 3 aromatic rings. The second-order valence-corrected chi connectivity index (χ2v) is 7.43. The highest BCUT2D eigenvalue weighted by molar-refractivity contribution is 9.10. The first-order valence-electron chi connectivity index (χ1n) is 8.69. The maximum absolute atomic E-state index is 12.3. The number of nitrogens with one attached hydrogen (secondary N) is 1. The SMILES string of the molecule is Cc1ccc(COc2ccc(Br)cc2-c2c(C(=O)O)c(N)[nH]c(=O)c2C(=O)O)cc1. The van der Waals surface area contributed by atoms with Crippen LogP contribution in [0.15, 0.2) is 51.7 Å². The minimum absolute atomic E-state index is 0.115. The normalized spacial score (nSPS) is 10.6. The third-order valence-corrected chi connectivity index (χ3v) is 4.89. The van der Waals surface area contributed by atoms with E-state index in [1.807, 2.05) is 31.2 Å². The molecular formula is C21H17BrN2O6.